The first-order valence-corrected chi connectivity index (χ1v) is 7.69. The van der Waals surface area contributed by atoms with Gasteiger partial charge in [0.1, 0.15) is 5.01 Å². The van der Waals surface area contributed by atoms with Gasteiger partial charge in [0.05, 0.1) is 11.7 Å². The van der Waals surface area contributed by atoms with Crippen LogP contribution in [0.2, 0.25) is 0 Å². The van der Waals surface area contributed by atoms with Crippen molar-refractivity contribution in [2.75, 3.05) is 5.43 Å². The molecule has 1 aromatic carbocycles. The van der Waals surface area contributed by atoms with Crippen LogP contribution in [0.1, 0.15) is 45.7 Å². The summed E-state index contributed by atoms with van der Waals surface area (Å²) in [6.07, 6.45) is 2.83. The molecule has 0 aliphatic carbocycles. The van der Waals surface area contributed by atoms with E-state index >= 15 is 0 Å². The molecule has 0 radical (unpaired) electrons. The predicted octanol–water partition coefficient (Wildman–Crippen LogP) is 2.79. The molecule has 0 fully saturated rings. The topological polar surface area (TPSA) is 80.0 Å². The van der Waals surface area contributed by atoms with Crippen LogP contribution < -0.4 is 16.6 Å². The first-order valence-electron chi connectivity index (χ1n) is 6.87. The molecule has 4 N–H and O–H groups in total. The lowest BCUT2D eigenvalue weighted by Gasteiger charge is -2.12. The maximum Gasteiger partial charge on any atom is 0.251 e. The number of nitrogens with two attached hydrogens (primary N) is 1. The molecule has 1 heterocycles. The molecule has 0 aliphatic rings. The number of nitrogen functional groups attached to an aromatic ring is 1. The molecule has 0 spiro atoms. The summed E-state index contributed by atoms with van der Waals surface area (Å²) < 4.78 is 0. The number of hydrogen-bond acceptors (Lipinski definition) is 5. The fourth-order valence-electron chi connectivity index (χ4n) is 1.99. The molecule has 0 aliphatic heterocycles. The molecule has 112 valence electrons. The number of rotatable bonds is 5. The molecular formula is C15H20N4OS. The third-order valence-electron chi connectivity index (χ3n) is 3.28. The number of carbonyl (C=O) groups excluding carboxylic acids is 1. The van der Waals surface area contributed by atoms with Crippen molar-refractivity contribution in [1.29, 1.82) is 0 Å². The third kappa shape index (κ3) is 3.59. The van der Waals surface area contributed by atoms with Crippen molar-refractivity contribution in [1.82, 2.24) is 10.3 Å². The Kier molecular flexibility index (Phi) is 4.93. The molecule has 0 saturated heterocycles. The quantitative estimate of drug-likeness (QED) is 0.586. The summed E-state index contributed by atoms with van der Waals surface area (Å²) in [4.78, 5) is 17.8. The number of aryl methyl sites for hydroxylation is 2. The number of benzene rings is 1. The van der Waals surface area contributed by atoms with Crippen molar-refractivity contribution in [3.05, 3.63) is 45.4 Å². The van der Waals surface area contributed by atoms with Crippen LogP contribution in [0, 0.1) is 6.92 Å². The van der Waals surface area contributed by atoms with Gasteiger partial charge in [-0.2, -0.15) is 0 Å². The molecule has 0 bridgehead atoms. The fraction of sp³-hybridized carbons (Fsp3) is 0.333. The Hall–Kier alpha value is -1.92. The number of aromatic nitrogens is 1. The number of hydrazine groups is 1. The first-order chi connectivity index (χ1) is 10.0. The number of hydrogen-bond donors (Lipinski definition) is 3. The van der Waals surface area contributed by atoms with E-state index in [-0.39, 0.29) is 11.9 Å². The molecule has 5 nitrogen and oxygen atoms in total. The maximum absolute atomic E-state index is 12.3. The zero-order valence-corrected chi connectivity index (χ0v) is 13.3. The van der Waals surface area contributed by atoms with Crippen molar-refractivity contribution < 1.29 is 4.79 Å². The van der Waals surface area contributed by atoms with Crippen molar-refractivity contribution in [2.45, 2.75) is 33.2 Å². The van der Waals surface area contributed by atoms with Gasteiger partial charge < -0.3 is 10.7 Å². The second-order valence-electron chi connectivity index (χ2n) is 4.89. The van der Waals surface area contributed by atoms with E-state index < -0.39 is 0 Å². The summed E-state index contributed by atoms with van der Waals surface area (Å²) in [6.45, 7) is 5.94. The predicted molar refractivity (Wildman–Crippen MR) is 86.4 cm³/mol. The van der Waals surface area contributed by atoms with Crippen LogP contribution in [0.25, 0.3) is 0 Å². The molecule has 2 rings (SSSR count). The molecular weight excluding hydrogens is 284 g/mol. The van der Waals surface area contributed by atoms with Crippen LogP contribution in [0.5, 0.6) is 0 Å². The van der Waals surface area contributed by atoms with Gasteiger partial charge in [0, 0.05) is 16.6 Å². The average Bonchev–Trinajstić information content (AvgIpc) is 2.96. The lowest BCUT2D eigenvalue weighted by atomic mass is 10.1. The minimum Gasteiger partial charge on any atom is -0.343 e. The molecule has 6 heteroatoms. The zero-order chi connectivity index (χ0) is 15.4. The van der Waals surface area contributed by atoms with Crippen LogP contribution >= 0.6 is 11.3 Å². The third-order valence-corrected chi connectivity index (χ3v) is 4.61. The average molecular weight is 304 g/mol. The number of thiazole rings is 1. The monoisotopic (exact) mass is 304 g/mol. The molecule has 0 saturated carbocycles. The van der Waals surface area contributed by atoms with Crippen LogP contribution in [0.15, 0.2) is 24.4 Å². The van der Waals surface area contributed by atoms with Gasteiger partial charge in [0.2, 0.25) is 0 Å². The maximum atomic E-state index is 12.3. The lowest BCUT2D eigenvalue weighted by Crippen LogP contribution is -2.26. The molecule has 1 unspecified atom stereocenters. The largest absolute Gasteiger partial charge is 0.343 e. The minimum atomic E-state index is -0.109. The lowest BCUT2D eigenvalue weighted by molar-refractivity contribution is 0.0940. The van der Waals surface area contributed by atoms with Gasteiger partial charge >= 0.3 is 0 Å². The van der Waals surface area contributed by atoms with Gasteiger partial charge in [0.15, 0.2) is 0 Å². The van der Waals surface area contributed by atoms with E-state index in [1.54, 1.807) is 23.5 Å². The van der Waals surface area contributed by atoms with Crippen LogP contribution in [-0.4, -0.2) is 10.9 Å². The Balaban J connectivity index is 2.08. The number of carbonyl (C=O) groups is 1. The van der Waals surface area contributed by atoms with E-state index in [0.717, 1.165) is 22.7 Å². The summed E-state index contributed by atoms with van der Waals surface area (Å²) >= 11 is 1.64. The highest BCUT2D eigenvalue weighted by molar-refractivity contribution is 7.11. The minimum absolute atomic E-state index is 0.101. The number of anilines is 1. The van der Waals surface area contributed by atoms with E-state index in [0.29, 0.717) is 5.56 Å². The summed E-state index contributed by atoms with van der Waals surface area (Å²) in [5.41, 5.74) is 4.96. The fourth-order valence-corrected chi connectivity index (χ4v) is 2.85. The van der Waals surface area contributed by atoms with Crippen LogP contribution in [0.3, 0.4) is 0 Å². The molecule has 1 atom stereocenters. The summed E-state index contributed by atoms with van der Waals surface area (Å²) in [5, 5.41) is 3.90. The van der Waals surface area contributed by atoms with Gasteiger partial charge in [0.25, 0.3) is 5.91 Å². The van der Waals surface area contributed by atoms with Gasteiger partial charge in [-0.25, -0.2) is 4.98 Å². The van der Waals surface area contributed by atoms with E-state index in [2.05, 4.69) is 22.7 Å². The van der Waals surface area contributed by atoms with E-state index in [1.807, 2.05) is 26.1 Å². The highest BCUT2D eigenvalue weighted by atomic mass is 32.1. The second-order valence-corrected chi connectivity index (χ2v) is 6.03. The van der Waals surface area contributed by atoms with Crippen LogP contribution in [-0.2, 0) is 6.42 Å². The number of nitrogens with one attached hydrogen (secondary N) is 2. The van der Waals surface area contributed by atoms with Gasteiger partial charge in [-0.15, -0.1) is 11.3 Å². The normalized spacial score (nSPS) is 12.0. The van der Waals surface area contributed by atoms with Gasteiger partial charge in [-0.05, 0) is 44.0 Å². The number of nitrogens with zero attached hydrogens (tertiary/aromatic N) is 1. The van der Waals surface area contributed by atoms with Crippen molar-refractivity contribution in [3.63, 3.8) is 0 Å². The van der Waals surface area contributed by atoms with Crippen LogP contribution in [0.4, 0.5) is 5.69 Å². The molecule has 1 amide bonds. The highest BCUT2D eigenvalue weighted by Crippen LogP contribution is 2.21. The molecule has 21 heavy (non-hydrogen) atoms. The van der Waals surface area contributed by atoms with E-state index in [1.165, 1.54) is 4.88 Å². The standard InChI is InChI=1S/C15H20N4OS/c1-4-12-8-17-15(21-12)10(3)18-14(20)11-5-6-13(19-16)9(2)7-11/h5-8,10,19H,4,16H2,1-3H3,(H,18,20). The Morgan fingerprint density at radius 2 is 2.24 bits per heavy atom. The highest BCUT2D eigenvalue weighted by Gasteiger charge is 2.15. The SMILES string of the molecule is CCc1cnc(C(C)NC(=O)c2ccc(NN)c(C)c2)s1. The Labute approximate surface area is 128 Å². The Morgan fingerprint density at radius 3 is 2.81 bits per heavy atom. The number of amides is 1. The van der Waals surface area contributed by atoms with Crippen molar-refractivity contribution >= 4 is 22.9 Å². The molecule has 1 aromatic heterocycles. The van der Waals surface area contributed by atoms with Gasteiger partial charge in [-0.3, -0.25) is 10.6 Å². The smallest absolute Gasteiger partial charge is 0.251 e. The first kappa shape index (κ1) is 15.5. The summed E-state index contributed by atoms with van der Waals surface area (Å²) in [5.74, 6) is 5.28. The summed E-state index contributed by atoms with van der Waals surface area (Å²) in [6, 6.07) is 5.27. The Bertz CT molecular complexity index is 638. The van der Waals surface area contributed by atoms with Gasteiger partial charge in [-0.1, -0.05) is 6.92 Å². The Morgan fingerprint density at radius 1 is 1.48 bits per heavy atom. The van der Waals surface area contributed by atoms with Crippen molar-refractivity contribution in [3.8, 4) is 0 Å². The molecule has 2 aromatic rings. The second kappa shape index (κ2) is 6.69. The van der Waals surface area contributed by atoms with Crippen molar-refractivity contribution in [2.24, 2.45) is 5.84 Å². The van der Waals surface area contributed by atoms with E-state index in [4.69, 9.17) is 5.84 Å². The van der Waals surface area contributed by atoms with E-state index in [9.17, 15) is 4.79 Å². The zero-order valence-electron chi connectivity index (χ0n) is 12.4. The summed E-state index contributed by atoms with van der Waals surface area (Å²) in [7, 11) is 0.